The fourth-order valence-electron chi connectivity index (χ4n) is 2.46. The molecule has 0 heterocycles. The number of benzene rings is 2. The Morgan fingerprint density at radius 3 is 2.33 bits per heavy atom. The number of carbonyl (C=O) groups is 1. The fourth-order valence-corrected chi connectivity index (χ4v) is 3.75. The monoisotopic (exact) mass is 394 g/mol. The predicted molar refractivity (Wildman–Crippen MR) is 101 cm³/mol. The Morgan fingerprint density at radius 2 is 1.78 bits per heavy atom. The molecule has 0 aliphatic rings. The van der Waals surface area contributed by atoms with Gasteiger partial charge in [0.15, 0.2) is 0 Å². The molecule has 8 heteroatoms. The van der Waals surface area contributed by atoms with Crippen LogP contribution in [-0.4, -0.2) is 31.6 Å². The van der Waals surface area contributed by atoms with Gasteiger partial charge < -0.3 is 10.4 Å². The molecule has 0 unspecified atom stereocenters. The van der Waals surface area contributed by atoms with Crippen molar-refractivity contribution in [3.63, 3.8) is 0 Å². The molecule has 0 saturated heterocycles. The highest BCUT2D eigenvalue weighted by molar-refractivity contribution is 7.92. The van der Waals surface area contributed by atoms with Crippen molar-refractivity contribution in [3.05, 3.63) is 59.4 Å². The van der Waals surface area contributed by atoms with Gasteiger partial charge >= 0.3 is 0 Å². The number of nitrogens with one attached hydrogen (secondary N) is 2. The molecule has 0 atom stereocenters. The normalized spacial score (nSPS) is 11.9. The smallest absolute Gasteiger partial charge is 0.262 e. The first-order valence-electron chi connectivity index (χ1n) is 8.32. The third kappa shape index (κ3) is 5.77. The van der Waals surface area contributed by atoms with E-state index < -0.39 is 21.4 Å². The summed E-state index contributed by atoms with van der Waals surface area (Å²) in [5.74, 6) is -0.747. The highest BCUT2D eigenvalue weighted by Crippen LogP contribution is 2.20. The number of amides is 1. The van der Waals surface area contributed by atoms with Crippen LogP contribution >= 0.6 is 0 Å². The molecule has 0 fully saturated rings. The molecule has 146 valence electrons. The van der Waals surface area contributed by atoms with Gasteiger partial charge in [0, 0.05) is 5.69 Å². The van der Waals surface area contributed by atoms with E-state index in [-0.39, 0.29) is 23.8 Å². The number of rotatable bonds is 7. The largest absolute Gasteiger partial charge is 0.394 e. The van der Waals surface area contributed by atoms with Gasteiger partial charge in [-0.15, -0.1) is 0 Å². The molecule has 0 spiro atoms. The van der Waals surface area contributed by atoms with Crippen LogP contribution in [0.4, 0.5) is 10.1 Å². The number of hydrogen-bond acceptors (Lipinski definition) is 4. The Bertz CT molecular complexity index is 925. The van der Waals surface area contributed by atoms with Crippen molar-refractivity contribution < 1.29 is 22.7 Å². The summed E-state index contributed by atoms with van der Waals surface area (Å²) in [6.45, 7) is 4.76. The molecule has 3 N–H and O–H groups in total. The zero-order valence-corrected chi connectivity index (χ0v) is 16.2. The molecule has 0 aliphatic heterocycles. The Balaban J connectivity index is 2.08. The summed E-state index contributed by atoms with van der Waals surface area (Å²) in [6, 6.07) is 9.85. The minimum atomic E-state index is -3.85. The number of aliphatic hydroxyl groups excluding tert-OH is 1. The minimum Gasteiger partial charge on any atom is -0.394 e. The van der Waals surface area contributed by atoms with E-state index >= 15 is 0 Å². The number of aryl methyl sites for hydroxylation is 1. The lowest BCUT2D eigenvalue weighted by molar-refractivity contribution is -0.122. The van der Waals surface area contributed by atoms with Crippen molar-refractivity contribution in [1.82, 2.24) is 5.32 Å². The van der Waals surface area contributed by atoms with Crippen LogP contribution in [0.3, 0.4) is 0 Å². The summed E-state index contributed by atoms with van der Waals surface area (Å²) >= 11 is 0. The lowest BCUT2D eigenvalue weighted by Gasteiger charge is -2.23. The highest BCUT2D eigenvalue weighted by Gasteiger charge is 2.20. The van der Waals surface area contributed by atoms with Crippen molar-refractivity contribution in [3.8, 4) is 0 Å². The van der Waals surface area contributed by atoms with Crippen LogP contribution in [0, 0.1) is 12.7 Å². The van der Waals surface area contributed by atoms with Crippen LogP contribution in [0.15, 0.2) is 47.4 Å². The lowest BCUT2D eigenvalue weighted by atomic mass is 10.1. The van der Waals surface area contributed by atoms with Crippen molar-refractivity contribution >= 4 is 21.6 Å². The average molecular weight is 394 g/mol. The molecule has 2 aromatic carbocycles. The standard InChI is InChI=1S/C19H23FN2O4S/c1-13-10-15(20)6-9-17(13)27(25,26)22-16-7-4-14(5-8-16)11-18(24)21-19(2,3)12-23/h4-10,22-23H,11-12H2,1-3H3,(H,21,24). The number of hydrogen-bond donors (Lipinski definition) is 3. The first kappa shape index (κ1) is 20.9. The molecular formula is C19H23FN2O4S. The van der Waals surface area contributed by atoms with Crippen molar-refractivity contribution in [1.29, 1.82) is 0 Å². The van der Waals surface area contributed by atoms with Gasteiger partial charge in [-0.25, -0.2) is 12.8 Å². The summed E-state index contributed by atoms with van der Waals surface area (Å²) in [7, 11) is -3.85. The van der Waals surface area contributed by atoms with Gasteiger partial charge in [0.1, 0.15) is 5.82 Å². The van der Waals surface area contributed by atoms with E-state index in [0.717, 1.165) is 12.1 Å². The van der Waals surface area contributed by atoms with E-state index in [1.807, 2.05) is 0 Å². The molecular weight excluding hydrogens is 371 g/mol. The van der Waals surface area contributed by atoms with Crippen molar-refractivity contribution in [2.24, 2.45) is 0 Å². The second-order valence-corrected chi connectivity index (χ2v) is 8.63. The topological polar surface area (TPSA) is 95.5 Å². The van der Waals surface area contributed by atoms with E-state index in [0.29, 0.717) is 16.8 Å². The second-order valence-electron chi connectivity index (χ2n) is 6.98. The van der Waals surface area contributed by atoms with Gasteiger partial charge in [-0.2, -0.15) is 0 Å². The first-order valence-corrected chi connectivity index (χ1v) is 9.80. The molecule has 0 radical (unpaired) electrons. The van der Waals surface area contributed by atoms with E-state index in [9.17, 15) is 22.7 Å². The fraction of sp³-hybridized carbons (Fsp3) is 0.316. The van der Waals surface area contributed by atoms with Gasteiger partial charge in [-0.3, -0.25) is 9.52 Å². The van der Waals surface area contributed by atoms with Crippen molar-refractivity contribution in [2.45, 2.75) is 37.6 Å². The second kappa shape index (κ2) is 8.06. The summed E-state index contributed by atoms with van der Waals surface area (Å²) in [6.07, 6.45) is 0.105. The summed E-state index contributed by atoms with van der Waals surface area (Å²) in [5.41, 5.74) is 0.627. The van der Waals surface area contributed by atoms with Gasteiger partial charge in [-0.05, 0) is 62.2 Å². The molecule has 6 nitrogen and oxygen atoms in total. The van der Waals surface area contributed by atoms with Gasteiger partial charge in [0.05, 0.1) is 23.5 Å². The van der Waals surface area contributed by atoms with Crippen LogP contribution in [0.2, 0.25) is 0 Å². The zero-order valence-electron chi connectivity index (χ0n) is 15.4. The molecule has 0 saturated carbocycles. The third-order valence-electron chi connectivity index (χ3n) is 3.87. The Labute approximate surface area is 158 Å². The van der Waals surface area contributed by atoms with E-state index in [4.69, 9.17) is 0 Å². The molecule has 1 amide bonds. The van der Waals surface area contributed by atoms with E-state index in [1.54, 1.807) is 38.1 Å². The number of aliphatic hydroxyl groups is 1. The molecule has 2 aromatic rings. The minimum absolute atomic E-state index is 0.00131. The SMILES string of the molecule is Cc1cc(F)ccc1S(=O)(=O)Nc1ccc(CC(=O)NC(C)(C)CO)cc1. The number of carbonyl (C=O) groups excluding carboxylic acids is 1. The predicted octanol–water partition coefficient (Wildman–Crippen LogP) is 2.36. The Kier molecular flexibility index (Phi) is 6.22. The summed E-state index contributed by atoms with van der Waals surface area (Å²) in [5, 5.41) is 11.9. The number of halogens is 1. The van der Waals surface area contributed by atoms with E-state index in [1.165, 1.54) is 13.0 Å². The number of sulfonamides is 1. The molecule has 0 aliphatic carbocycles. The Morgan fingerprint density at radius 1 is 1.15 bits per heavy atom. The number of anilines is 1. The zero-order chi connectivity index (χ0) is 20.2. The molecule has 0 bridgehead atoms. The maximum absolute atomic E-state index is 13.2. The van der Waals surface area contributed by atoms with Crippen LogP contribution in [0.5, 0.6) is 0 Å². The van der Waals surface area contributed by atoms with Gasteiger partial charge in [-0.1, -0.05) is 12.1 Å². The quantitative estimate of drug-likeness (QED) is 0.672. The first-order chi connectivity index (χ1) is 12.5. The third-order valence-corrected chi connectivity index (χ3v) is 5.41. The molecule has 2 rings (SSSR count). The van der Waals surface area contributed by atoms with Crippen LogP contribution in [0.25, 0.3) is 0 Å². The maximum Gasteiger partial charge on any atom is 0.262 e. The average Bonchev–Trinajstić information content (AvgIpc) is 2.55. The van der Waals surface area contributed by atoms with Gasteiger partial charge in [0.2, 0.25) is 5.91 Å². The molecule has 0 aromatic heterocycles. The van der Waals surface area contributed by atoms with Crippen LogP contribution in [-0.2, 0) is 21.2 Å². The summed E-state index contributed by atoms with van der Waals surface area (Å²) < 4.78 is 40.5. The van der Waals surface area contributed by atoms with Crippen LogP contribution in [0.1, 0.15) is 25.0 Å². The maximum atomic E-state index is 13.2. The Hall–Kier alpha value is -2.45. The van der Waals surface area contributed by atoms with Crippen molar-refractivity contribution in [2.75, 3.05) is 11.3 Å². The lowest BCUT2D eigenvalue weighted by Crippen LogP contribution is -2.46. The van der Waals surface area contributed by atoms with Gasteiger partial charge in [0.25, 0.3) is 10.0 Å². The summed E-state index contributed by atoms with van der Waals surface area (Å²) in [4.78, 5) is 12.0. The molecule has 27 heavy (non-hydrogen) atoms. The van der Waals surface area contributed by atoms with Crippen LogP contribution < -0.4 is 10.0 Å². The van der Waals surface area contributed by atoms with E-state index in [2.05, 4.69) is 10.0 Å². The highest BCUT2D eigenvalue weighted by atomic mass is 32.2.